The Bertz CT molecular complexity index is 852. The molecule has 0 N–H and O–H groups in total. The van der Waals surface area contributed by atoms with Gasteiger partial charge in [-0.05, 0) is 31.0 Å². The molecular formula is C19H22FN5O2. The van der Waals surface area contributed by atoms with Crippen LogP contribution < -0.4 is 0 Å². The van der Waals surface area contributed by atoms with Crippen molar-refractivity contribution in [3.63, 3.8) is 0 Å². The minimum absolute atomic E-state index is 0.0704. The molecule has 1 fully saturated rings. The molecule has 1 atom stereocenters. The number of aryl methyl sites for hydroxylation is 1. The molecule has 1 aromatic carbocycles. The lowest BCUT2D eigenvalue weighted by atomic mass is 9.97. The summed E-state index contributed by atoms with van der Waals surface area (Å²) >= 11 is 0. The normalized spacial score (nSPS) is 20.1. The van der Waals surface area contributed by atoms with Crippen LogP contribution in [0.2, 0.25) is 0 Å². The van der Waals surface area contributed by atoms with Gasteiger partial charge in [0.2, 0.25) is 5.91 Å². The van der Waals surface area contributed by atoms with E-state index in [4.69, 9.17) is 0 Å². The highest BCUT2D eigenvalue weighted by Gasteiger charge is 2.30. The van der Waals surface area contributed by atoms with E-state index in [1.165, 1.54) is 12.1 Å². The Balaban J connectivity index is 1.38. The predicted molar refractivity (Wildman–Crippen MR) is 95.3 cm³/mol. The van der Waals surface area contributed by atoms with E-state index in [0.717, 1.165) is 25.1 Å². The van der Waals surface area contributed by atoms with Gasteiger partial charge in [-0.15, -0.1) is 10.2 Å². The summed E-state index contributed by atoms with van der Waals surface area (Å²) in [5.74, 6) is 0.392. The summed E-state index contributed by atoms with van der Waals surface area (Å²) in [4.78, 5) is 29.1. The van der Waals surface area contributed by atoms with E-state index in [1.807, 2.05) is 9.47 Å². The molecule has 0 aliphatic carbocycles. The molecule has 0 spiro atoms. The van der Waals surface area contributed by atoms with Gasteiger partial charge in [0, 0.05) is 44.7 Å². The Morgan fingerprint density at radius 2 is 1.93 bits per heavy atom. The molecule has 2 aliphatic heterocycles. The van der Waals surface area contributed by atoms with Gasteiger partial charge in [-0.1, -0.05) is 6.07 Å². The molecule has 27 heavy (non-hydrogen) atoms. The Kier molecular flexibility index (Phi) is 4.87. The number of nitrogens with zero attached hydrogens (tertiary/aromatic N) is 5. The largest absolute Gasteiger partial charge is 0.341 e. The van der Waals surface area contributed by atoms with Crippen LogP contribution in [0.1, 0.15) is 29.0 Å². The second kappa shape index (κ2) is 7.46. The molecule has 2 aromatic rings. The molecule has 0 bridgehead atoms. The zero-order valence-corrected chi connectivity index (χ0v) is 15.1. The standard InChI is InChI=1S/C19H22FN5O2/c20-16-4-1-3-14(11-16)18(26)23-7-2-8-24(10-9-23)19(27)15-5-6-17-22-21-13-25(17)12-15/h1,3-4,11,13,15H,2,5-10,12H2. The first kappa shape index (κ1) is 17.6. The maximum atomic E-state index is 13.4. The number of hydrogen-bond acceptors (Lipinski definition) is 4. The number of aromatic nitrogens is 3. The van der Waals surface area contributed by atoms with Crippen molar-refractivity contribution in [3.8, 4) is 0 Å². The van der Waals surface area contributed by atoms with Crippen molar-refractivity contribution < 1.29 is 14.0 Å². The highest BCUT2D eigenvalue weighted by Crippen LogP contribution is 2.21. The number of carbonyl (C=O) groups excluding carboxylic acids is 2. The highest BCUT2D eigenvalue weighted by atomic mass is 19.1. The summed E-state index contributed by atoms with van der Waals surface area (Å²) < 4.78 is 15.3. The summed E-state index contributed by atoms with van der Waals surface area (Å²) in [6.45, 7) is 2.79. The Morgan fingerprint density at radius 3 is 2.78 bits per heavy atom. The first-order valence-corrected chi connectivity index (χ1v) is 9.32. The summed E-state index contributed by atoms with van der Waals surface area (Å²) in [6, 6.07) is 5.75. The summed E-state index contributed by atoms with van der Waals surface area (Å²) in [5.41, 5.74) is 0.349. The third-order valence-corrected chi connectivity index (χ3v) is 5.34. The van der Waals surface area contributed by atoms with Crippen LogP contribution in [0.25, 0.3) is 0 Å². The van der Waals surface area contributed by atoms with Crippen molar-refractivity contribution in [2.45, 2.75) is 25.8 Å². The predicted octanol–water partition coefficient (Wildman–Crippen LogP) is 1.35. The molecule has 3 heterocycles. The fourth-order valence-corrected chi connectivity index (χ4v) is 3.86. The smallest absolute Gasteiger partial charge is 0.254 e. The van der Waals surface area contributed by atoms with Gasteiger partial charge >= 0.3 is 0 Å². The first-order chi connectivity index (χ1) is 13.1. The zero-order chi connectivity index (χ0) is 18.8. The maximum Gasteiger partial charge on any atom is 0.254 e. The Hall–Kier alpha value is -2.77. The molecule has 7 nitrogen and oxygen atoms in total. The first-order valence-electron chi connectivity index (χ1n) is 9.32. The van der Waals surface area contributed by atoms with Gasteiger partial charge < -0.3 is 14.4 Å². The van der Waals surface area contributed by atoms with Gasteiger partial charge in [0.15, 0.2) is 0 Å². The molecule has 2 amide bonds. The van der Waals surface area contributed by atoms with Crippen molar-refractivity contribution in [1.82, 2.24) is 24.6 Å². The van der Waals surface area contributed by atoms with E-state index in [1.54, 1.807) is 23.4 Å². The number of fused-ring (bicyclic) bond motifs is 1. The highest BCUT2D eigenvalue weighted by molar-refractivity contribution is 5.94. The number of amides is 2. The molecular weight excluding hydrogens is 349 g/mol. The number of halogens is 1. The molecule has 1 aromatic heterocycles. The molecule has 4 rings (SSSR count). The van der Waals surface area contributed by atoms with Crippen molar-refractivity contribution in [2.75, 3.05) is 26.2 Å². The van der Waals surface area contributed by atoms with Crippen molar-refractivity contribution >= 4 is 11.8 Å². The van der Waals surface area contributed by atoms with Crippen LogP contribution in [0.3, 0.4) is 0 Å². The van der Waals surface area contributed by atoms with Crippen LogP contribution in [0.5, 0.6) is 0 Å². The van der Waals surface area contributed by atoms with Gasteiger partial charge in [-0.3, -0.25) is 9.59 Å². The molecule has 0 saturated carbocycles. The lowest BCUT2D eigenvalue weighted by molar-refractivity contribution is -0.136. The van der Waals surface area contributed by atoms with Crippen LogP contribution in [0.4, 0.5) is 4.39 Å². The van der Waals surface area contributed by atoms with E-state index in [2.05, 4.69) is 10.2 Å². The molecule has 0 radical (unpaired) electrons. The quantitative estimate of drug-likeness (QED) is 0.799. The van der Waals surface area contributed by atoms with E-state index in [9.17, 15) is 14.0 Å². The summed E-state index contributed by atoms with van der Waals surface area (Å²) in [7, 11) is 0. The minimum atomic E-state index is -0.418. The third kappa shape index (κ3) is 3.70. The fourth-order valence-electron chi connectivity index (χ4n) is 3.86. The Morgan fingerprint density at radius 1 is 1.11 bits per heavy atom. The molecule has 1 unspecified atom stereocenters. The number of hydrogen-bond donors (Lipinski definition) is 0. The zero-order valence-electron chi connectivity index (χ0n) is 15.1. The second-order valence-corrected chi connectivity index (χ2v) is 7.12. The van der Waals surface area contributed by atoms with Crippen LogP contribution in [-0.4, -0.2) is 62.6 Å². The van der Waals surface area contributed by atoms with Gasteiger partial charge in [-0.25, -0.2) is 4.39 Å². The Labute approximate surface area is 156 Å². The average molecular weight is 371 g/mol. The lowest BCUT2D eigenvalue weighted by Crippen LogP contribution is -2.42. The monoisotopic (exact) mass is 371 g/mol. The number of rotatable bonds is 2. The van der Waals surface area contributed by atoms with Gasteiger partial charge in [-0.2, -0.15) is 0 Å². The molecule has 8 heteroatoms. The average Bonchev–Trinajstić information content (AvgIpc) is 3.01. The van der Waals surface area contributed by atoms with Crippen LogP contribution >= 0.6 is 0 Å². The fraction of sp³-hybridized carbons (Fsp3) is 0.474. The number of carbonyl (C=O) groups is 2. The van der Waals surface area contributed by atoms with Crippen LogP contribution in [-0.2, 0) is 17.8 Å². The molecule has 2 aliphatic rings. The second-order valence-electron chi connectivity index (χ2n) is 7.12. The lowest BCUT2D eigenvalue weighted by Gasteiger charge is -2.29. The molecule has 1 saturated heterocycles. The topological polar surface area (TPSA) is 71.3 Å². The van der Waals surface area contributed by atoms with Crippen LogP contribution in [0.15, 0.2) is 30.6 Å². The van der Waals surface area contributed by atoms with E-state index < -0.39 is 5.82 Å². The summed E-state index contributed by atoms with van der Waals surface area (Å²) in [5, 5.41) is 7.97. The van der Waals surface area contributed by atoms with Gasteiger partial charge in [0.1, 0.15) is 18.0 Å². The van der Waals surface area contributed by atoms with Gasteiger partial charge in [0.25, 0.3) is 5.91 Å². The third-order valence-electron chi connectivity index (χ3n) is 5.34. The SMILES string of the molecule is O=C(c1cccc(F)c1)N1CCCN(C(=O)C2CCc3nncn3C2)CC1. The van der Waals surface area contributed by atoms with E-state index >= 15 is 0 Å². The number of benzene rings is 1. The van der Waals surface area contributed by atoms with E-state index in [0.29, 0.717) is 38.3 Å². The van der Waals surface area contributed by atoms with Crippen molar-refractivity contribution in [3.05, 3.63) is 47.8 Å². The molecule has 142 valence electrons. The van der Waals surface area contributed by atoms with Gasteiger partial charge in [0.05, 0.1) is 5.92 Å². The minimum Gasteiger partial charge on any atom is -0.341 e. The van der Waals surface area contributed by atoms with E-state index in [-0.39, 0.29) is 17.7 Å². The van der Waals surface area contributed by atoms with Crippen molar-refractivity contribution in [2.24, 2.45) is 5.92 Å². The maximum absolute atomic E-state index is 13.4. The van der Waals surface area contributed by atoms with Crippen molar-refractivity contribution in [1.29, 1.82) is 0 Å². The summed E-state index contributed by atoms with van der Waals surface area (Å²) in [6.07, 6.45) is 3.93. The van der Waals surface area contributed by atoms with Crippen LogP contribution in [0, 0.1) is 11.7 Å².